The van der Waals surface area contributed by atoms with Crippen LogP contribution in [0.4, 0.5) is 0 Å². The van der Waals surface area contributed by atoms with E-state index in [4.69, 9.17) is 0 Å². The molecule has 1 unspecified atom stereocenters. The maximum Gasteiger partial charge on any atom is 0.251 e. The SMILES string of the molecule is Cc1cccc(C(=O)NC(C(=O)N2CCC(C(=O)N(C)C)CC2)C(C)C)c1. The molecule has 0 aliphatic carbocycles. The van der Waals surface area contributed by atoms with Crippen LogP contribution in [-0.2, 0) is 9.59 Å². The normalized spacial score (nSPS) is 16.1. The molecule has 0 aromatic heterocycles. The fourth-order valence-electron chi connectivity index (χ4n) is 3.43. The van der Waals surface area contributed by atoms with Crippen molar-refractivity contribution in [3.63, 3.8) is 0 Å². The van der Waals surface area contributed by atoms with Crippen LogP contribution in [0.1, 0.15) is 42.6 Å². The van der Waals surface area contributed by atoms with Gasteiger partial charge in [-0.3, -0.25) is 14.4 Å². The summed E-state index contributed by atoms with van der Waals surface area (Å²) in [6.07, 6.45) is 1.33. The fourth-order valence-corrected chi connectivity index (χ4v) is 3.43. The molecule has 1 N–H and O–H groups in total. The molecule has 0 bridgehead atoms. The Kier molecular flexibility index (Phi) is 6.99. The number of hydrogen-bond donors (Lipinski definition) is 1. The monoisotopic (exact) mass is 373 g/mol. The first-order chi connectivity index (χ1) is 12.7. The lowest BCUT2D eigenvalue weighted by Crippen LogP contribution is -2.53. The van der Waals surface area contributed by atoms with Crippen LogP contribution in [0.5, 0.6) is 0 Å². The maximum absolute atomic E-state index is 13.0. The number of aryl methyl sites for hydroxylation is 1. The van der Waals surface area contributed by atoms with E-state index in [0.717, 1.165) is 5.56 Å². The van der Waals surface area contributed by atoms with Crippen molar-refractivity contribution < 1.29 is 14.4 Å². The minimum atomic E-state index is -0.570. The zero-order chi connectivity index (χ0) is 20.1. The summed E-state index contributed by atoms with van der Waals surface area (Å²) in [5.41, 5.74) is 1.56. The Morgan fingerprint density at radius 3 is 2.30 bits per heavy atom. The standard InChI is InChI=1S/C21H31N3O3/c1-14(2)18(22-19(25)17-8-6-7-15(3)13-17)21(27)24-11-9-16(10-12-24)20(26)23(4)5/h6-8,13-14,16,18H,9-12H2,1-5H3,(H,22,25). The number of amides is 3. The van der Waals surface area contributed by atoms with Gasteiger partial charge in [-0.05, 0) is 37.8 Å². The molecule has 0 radical (unpaired) electrons. The second-order valence-corrected chi connectivity index (χ2v) is 7.90. The smallest absolute Gasteiger partial charge is 0.251 e. The molecule has 6 heteroatoms. The lowest BCUT2D eigenvalue weighted by Gasteiger charge is -2.35. The van der Waals surface area contributed by atoms with Gasteiger partial charge in [0.1, 0.15) is 6.04 Å². The Morgan fingerprint density at radius 2 is 1.78 bits per heavy atom. The van der Waals surface area contributed by atoms with Gasteiger partial charge in [0.2, 0.25) is 11.8 Å². The van der Waals surface area contributed by atoms with Gasteiger partial charge >= 0.3 is 0 Å². The number of carbonyl (C=O) groups excluding carboxylic acids is 3. The summed E-state index contributed by atoms with van der Waals surface area (Å²) in [7, 11) is 3.52. The molecule has 1 aromatic carbocycles. The highest BCUT2D eigenvalue weighted by Crippen LogP contribution is 2.20. The highest BCUT2D eigenvalue weighted by Gasteiger charge is 2.33. The van der Waals surface area contributed by atoms with E-state index in [9.17, 15) is 14.4 Å². The number of nitrogens with zero attached hydrogens (tertiary/aromatic N) is 2. The molecule has 1 aliphatic rings. The van der Waals surface area contributed by atoms with E-state index in [2.05, 4.69) is 5.32 Å². The van der Waals surface area contributed by atoms with Gasteiger partial charge in [0.05, 0.1) is 0 Å². The summed E-state index contributed by atoms with van der Waals surface area (Å²) in [5.74, 6) is -0.226. The summed E-state index contributed by atoms with van der Waals surface area (Å²) >= 11 is 0. The van der Waals surface area contributed by atoms with Gasteiger partial charge in [-0.1, -0.05) is 31.5 Å². The molecule has 148 valence electrons. The summed E-state index contributed by atoms with van der Waals surface area (Å²) in [6, 6.07) is 6.77. The van der Waals surface area contributed by atoms with Crippen molar-refractivity contribution in [2.45, 2.75) is 39.7 Å². The maximum atomic E-state index is 13.0. The topological polar surface area (TPSA) is 69.7 Å². The zero-order valence-electron chi connectivity index (χ0n) is 17.0. The Balaban J connectivity index is 2.01. The molecular weight excluding hydrogens is 342 g/mol. The average Bonchev–Trinajstić information content (AvgIpc) is 2.64. The molecule has 27 heavy (non-hydrogen) atoms. The number of hydrogen-bond acceptors (Lipinski definition) is 3. The Labute approximate surface area is 161 Å². The van der Waals surface area contributed by atoms with E-state index >= 15 is 0 Å². The predicted molar refractivity (Wildman–Crippen MR) is 105 cm³/mol. The molecule has 0 spiro atoms. The van der Waals surface area contributed by atoms with E-state index in [1.54, 1.807) is 30.0 Å². The van der Waals surface area contributed by atoms with Crippen LogP contribution in [0.3, 0.4) is 0 Å². The minimum Gasteiger partial charge on any atom is -0.349 e. The second kappa shape index (κ2) is 9.02. The van der Waals surface area contributed by atoms with Gasteiger partial charge in [0.25, 0.3) is 5.91 Å². The third kappa shape index (κ3) is 5.31. The Morgan fingerprint density at radius 1 is 1.15 bits per heavy atom. The predicted octanol–water partition coefficient (Wildman–Crippen LogP) is 2.08. The van der Waals surface area contributed by atoms with E-state index in [1.807, 2.05) is 39.0 Å². The van der Waals surface area contributed by atoms with Gasteiger partial charge in [0, 0.05) is 38.7 Å². The largest absolute Gasteiger partial charge is 0.349 e. The quantitative estimate of drug-likeness (QED) is 0.859. The van der Waals surface area contributed by atoms with Gasteiger partial charge < -0.3 is 15.1 Å². The van der Waals surface area contributed by atoms with Crippen molar-refractivity contribution in [1.82, 2.24) is 15.1 Å². The molecular formula is C21H31N3O3. The number of rotatable bonds is 5. The van der Waals surface area contributed by atoms with Gasteiger partial charge in [-0.2, -0.15) is 0 Å². The van der Waals surface area contributed by atoms with Crippen molar-refractivity contribution in [3.8, 4) is 0 Å². The highest BCUT2D eigenvalue weighted by molar-refractivity contribution is 5.97. The first-order valence-corrected chi connectivity index (χ1v) is 9.58. The van der Waals surface area contributed by atoms with Gasteiger partial charge in [-0.25, -0.2) is 0 Å². The van der Waals surface area contributed by atoms with Crippen molar-refractivity contribution >= 4 is 17.7 Å². The van der Waals surface area contributed by atoms with Crippen LogP contribution in [0.2, 0.25) is 0 Å². The molecule has 0 saturated carbocycles. The van der Waals surface area contributed by atoms with Crippen molar-refractivity contribution in [1.29, 1.82) is 0 Å². The summed E-state index contributed by atoms with van der Waals surface area (Å²) in [6.45, 7) is 6.89. The first kappa shape index (κ1) is 20.9. The molecule has 1 fully saturated rings. The fraction of sp³-hybridized carbons (Fsp3) is 0.571. The van der Waals surface area contributed by atoms with Crippen molar-refractivity contribution in [2.24, 2.45) is 11.8 Å². The molecule has 1 heterocycles. The third-order valence-corrected chi connectivity index (χ3v) is 5.10. The lowest BCUT2D eigenvalue weighted by molar-refractivity contribution is -0.140. The van der Waals surface area contributed by atoms with Crippen LogP contribution >= 0.6 is 0 Å². The Hall–Kier alpha value is -2.37. The summed E-state index contributed by atoms with van der Waals surface area (Å²) < 4.78 is 0. The zero-order valence-corrected chi connectivity index (χ0v) is 17.0. The second-order valence-electron chi connectivity index (χ2n) is 7.90. The highest BCUT2D eigenvalue weighted by atomic mass is 16.2. The molecule has 1 atom stereocenters. The van der Waals surface area contributed by atoms with Crippen LogP contribution in [0, 0.1) is 18.8 Å². The molecule has 1 aliphatic heterocycles. The van der Waals surface area contributed by atoms with Crippen molar-refractivity contribution in [2.75, 3.05) is 27.2 Å². The molecule has 6 nitrogen and oxygen atoms in total. The van der Waals surface area contributed by atoms with E-state index in [-0.39, 0.29) is 29.6 Å². The summed E-state index contributed by atoms with van der Waals surface area (Å²) in [4.78, 5) is 41.1. The number of piperidine rings is 1. The number of benzene rings is 1. The molecule has 1 saturated heterocycles. The lowest BCUT2D eigenvalue weighted by atomic mass is 9.94. The van der Waals surface area contributed by atoms with E-state index < -0.39 is 6.04 Å². The van der Waals surface area contributed by atoms with Crippen LogP contribution in [0.25, 0.3) is 0 Å². The van der Waals surface area contributed by atoms with Crippen LogP contribution in [0.15, 0.2) is 24.3 Å². The van der Waals surface area contributed by atoms with Crippen molar-refractivity contribution in [3.05, 3.63) is 35.4 Å². The molecule has 1 aromatic rings. The molecule has 2 rings (SSSR count). The van der Waals surface area contributed by atoms with Gasteiger partial charge in [0.15, 0.2) is 0 Å². The number of carbonyl (C=O) groups is 3. The third-order valence-electron chi connectivity index (χ3n) is 5.10. The average molecular weight is 373 g/mol. The minimum absolute atomic E-state index is 0.0209. The summed E-state index contributed by atoms with van der Waals surface area (Å²) in [5, 5.41) is 2.90. The number of likely N-dealkylation sites (tertiary alicyclic amines) is 1. The Bertz CT molecular complexity index is 692. The first-order valence-electron chi connectivity index (χ1n) is 9.58. The van der Waals surface area contributed by atoms with E-state index in [0.29, 0.717) is 31.5 Å². The van der Waals surface area contributed by atoms with E-state index in [1.165, 1.54) is 0 Å². The number of nitrogens with one attached hydrogen (secondary N) is 1. The van der Waals surface area contributed by atoms with Crippen LogP contribution < -0.4 is 5.32 Å². The molecule has 3 amide bonds. The van der Waals surface area contributed by atoms with Crippen LogP contribution in [-0.4, -0.2) is 60.7 Å². The van der Waals surface area contributed by atoms with Gasteiger partial charge in [-0.15, -0.1) is 0 Å².